The molecule has 1 aromatic rings. The van der Waals surface area contributed by atoms with E-state index in [1.165, 1.54) is 0 Å². The maximum atomic E-state index is 11.2. The molecule has 1 atom stereocenters. The molecule has 1 rings (SSSR count). The number of carboxylic acids is 1. The zero-order valence-corrected chi connectivity index (χ0v) is 11.7. The van der Waals surface area contributed by atoms with Crippen LogP contribution in [0, 0.1) is 3.57 Å². The van der Waals surface area contributed by atoms with Gasteiger partial charge in [0.15, 0.2) is 0 Å². The number of nitrogens with one attached hydrogen (secondary N) is 1. The summed E-state index contributed by atoms with van der Waals surface area (Å²) >= 11 is 2.17. The highest BCUT2D eigenvalue weighted by molar-refractivity contribution is 14.1. The molecule has 0 aliphatic carbocycles. The fraction of sp³-hybridized carbons (Fsp3) is 0.364. The second-order valence-corrected chi connectivity index (χ2v) is 4.83. The number of hydrogen-bond acceptors (Lipinski definition) is 3. The summed E-state index contributed by atoms with van der Waals surface area (Å²) < 4.78 is 1.06. The number of benzene rings is 1. The highest BCUT2D eigenvalue weighted by Crippen LogP contribution is 2.15. The molecule has 0 radical (unpaired) electrons. The first-order valence-electron chi connectivity index (χ1n) is 5.37. The SMILES string of the molecule is [N-]=[N+]=NCCCNC(C(=O)O)c1ccc(I)cc1. The maximum absolute atomic E-state index is 11.2. The molecule has 0 aliphatic heterocycles. The lowest BCUT2D eigenvalue weighted by atomic mass is 10.1. The lowest BCUT2D eigenvalue weighted by molar-refractivity contribution is -0.139. The number of aliphatic carboxylic acids is 1. The maximum Gasteiger partial charge on any atom is 0.325 e. The van der Waals surface area contributed by atoms with E-state index in [9.17, 15) is 4.79 Å². The van der Waals surface area contributed by atoms with Crippen molar-refractivity contribution >= 4 is 28.6 Å². The zero-order chi connectivity index (χ0) is 13.4. The number of carbonyl (C=O) groups is 1. The van der Waals surface area contributed by atoms with Crippen LogP contribution in [0.15, 0.2) is 29.4 Å². The van der Waals surface area contributed by atoms with Gasteiger partial charge in [0.05, 0.1) is 0 Å². The lowest BCUT2D eigenvalue weighted by Crippen LogP contribution is -2.29. The summed E-state index contributed by atoms with van der Waals surface area (Å²) in [5, 5.41) is 15.5. The Balaban J connectivity index is 2.57. The molecule has 18 heavy (non-hydrogen) atoms. The second-order valence-electron chi connectivity index (χ2n) is 3.58. The summed E-state index contributed by atoms with van der Waals surface area (Å²) in [5.41, 5.74) is 8.82. The molecule has 0 aliphatic rings. The molecule has 6 nitrogen and oxygen atoms in total. The van der Waals surface area contributed by atoms with Crippen LogP contribution in [-0.4, -0.2) is 24.2 Å². The van der Waals surface area contributed by atoms with E-state index in [0.717, 1.165) is 3.57 Å². The molecule has 2 N–H and O–H groups in total. The Morgan fingerprint density at radius 1 is 1.50 bits per heavy atom. The predicted octanol–water partition coefficient (Wildman–Crippen LogP) is 2.71. The number of halogens is 1. The molecule has 0 bridgehead atoms. The van der Waals surface area contributed by atoms with Gasteiger partial charge in [-0.2, -0.15) is 0 Å². The van der Waals surface area contributed by atoms with Crippen LogP contribution in [0.25, 0.3) is 10.4 Å². The summed E-state index contributed by atoms with van der Waals surface area (Å²) in [6.07, 6.45) is 0.609. The zero-order valence-electron chi connectivity index (χ0n) is 9.58. The van der Waals surface area contributed by atoms with E-state index in [1.54, 1.807) is 12.1 Å². The Morgan fingerprint density at radius 3 is 2.72 bits per heavy atom. The first-order chi connectivity index (χ1) is 8.65. The van der Waals surface area contributed by atoms with Crippen molar-refractivity contribution in [3.05, 3.63) is 43.8 Å². The van der Waals surface area contributed by atoms with Crippen molar-refractivity contribution < 1.29 is 9.90 Å². The Bertz CT molecular complexity index is 443. The monoisotopic (exact) mass is 360 g/mol. The predicted molar refractivity (Wildman–Crippen MR) is 76.2 cm³/mol. The molecule has 1 unspecified atom stereocenters. The molecule has 96 valence electrons. The minimum Gasteiger partial charge on any atom is -0.480 e. The molecule has 0 saturated carbocycles. The van der Waals surface area contributed by atoms with Crippen LogP contribution in [0.4, 0.5) is 0 Å². The normalized spacial score (nSPS) is 11.6. The topological polar surface area (TPSA) is 98.1 Å². The third-order valence-corrected chi connectivity index (χ3v) is 3.02. The van der Waals surface area contributed by atoms with Crippen LogP contribution in [0.3, 0.4) is 0 Å². The van der Waals surface area contributed by atoms with Gasteiger partial charge in [-0.05, 0) is 58.8 Å². The summed E-state index contributed by atoms with van der Waals surface area (Å²) in [6.45, 7) is 0.852. The highest BCUT2D eigenvalue weighted by Gasteiger charge is 2.18. The third kappa shape index (κ3) is 4.91. The molecule has 0 aromatic heterocycles. The number of hydrogen-bond donors (Lipinski definition) is 2. The van der Waals surface area contributed by atoms with Crippen LogP contribution in [0.1, 0.15) is 18.0 Å². The van der Waals surface area contributed by atoms with Gasteiger partial charge < -0.3 is 10.4 Å². The minimum absolute atomic E-state index is 0.364. The highest BCUT2D eigenvalue weighted by atomic mass is 127. The van der Waals surface area contributed by atoms with Crippen LogP contribution in [-0.2, 0) is 4.79 Å². The third-order valence-electron chi connectivity index (χ3n) is 2.30. The summed E-state index contributed by atoms with van der Waals surface area (Å²) in [7, 11) is 0. The average Bonchev–Trinajstić information content (AvgIpc) is 2.35. The second kappa shape index (κ2) is 7.91. The Morgan fingerprint density at radius 2 is 2.17 bits per heavy atom. The minimum atomic E-state index is -0.917. The number of azide groups is 1. The quantitative estimate of drug-likeness (QED) is 0.257. The molecular formula is C11H13IN4O2. The van der Waals surface area contributed by atoms with Crippen molar-refractivity contribution in [1.82, 2.24) is 5.32 Å². The molecular weight excluding hydrogens is 347 g/mol. The fourth-order valence-corrected chi connectivity index (χ4v) is 1.80. The van der Waals surface area contributed by atoms with E-state index in [-0.39, 0.29) is 0 Å². The standard InChI is InChI=1S/C11H13IN4O2/c12-9-4-2-8(3-5-9)10(11(17)18)14-6-1-7-15-16-13/h2-5,10,14H,1,6-7H2,(H,17,18). The first kappa shape index (κ1) is 14.7. The van der Waals surface area contributed by atoms with Crippen molar-refractivity contribution in [2.75, 3.05) is 13.1 Å². The molecule has 0 fully saturated rings. The average molecular weight is 360 g/mol. The Hall–Kier alpha value is -1.31. The largest absolute Gasteiger partial charge is 0.480 e. The van der Waals surface area contributed by atoms with Crippen molar-refractivity contribution in [2.45, 2.75) is 12.5 Å². The Labute approximate surface area is 118 Å². The molecule has 0 spiro atoms. The van der Waals surface area contributed by atoms with Crippen LogP contribution >= 0.6 is 22.6 Å². The van der Waals surface area contributed by atoms with Crippen molar-refractivity contribution in [3.63, 3.8) is 0 Å². The van der Waals surface area contributed by atoms with E-state index >= 15 is 0 Å². The van der Waals surface area contributed by atoms with Crippen molar-refractivity contribution in [1.29, 1.82) is 0 Å². The first-order valence-corrected chi connectivity index (χ1v) is 6.45. The van der Waals surface area contributed by atoms with Gasteiger partial charge in [-0.15, -0.1) is 0 Å². The summed E-state index contributed by atoms with van der Waals surface area (Å²) in [5.74, 6) is -0.917. The molecule has 1 aromatic carbocycles. The van der Waals surface area contributed by atoms with Crippen LogP contribution in [0.2, 0.25) is 0 Å². The van der Waals surface area contributed by atoms with Gasteiger partial charge in [-0.1, -0.05) is 17.2 Å². The van der Waals surface area contributed by atoms with Gasteiger partial charge in [-0.25, -0.2) is 0 Å². The van der Waals surface area contributed by atoms with Gasteiger partial charge in [0, 0.05) is 15.0 Å². The van der Waals surface area contributed by atoms with E-state index in [0.29, 0.717) is 25.1 Å². The van der Waals surface area contributed by atoms with Gasteiger partial charge in [0.25, 0.3) is 0 Å². The molecule has 0 saturated heterocycles. The van der Waals surface area contributed by atoms with Crippen LogP contribution in [0.5, 0.6) is 0 Å². The van der Waals surface area contributed by atoms with Crippen LogP contribution < -0.4 is 5.32 Å². The summed E-state index contributed by atoms with van der Waals surface area (Å²) in [4.78, 5) is 13.8. The van der Waals surface area contributed by atoms with Gasteiger partial charge in [0.1, 0.15) is 6.04 Å². The summed E-state index contributed by atoms with van der Waals surface area (Å²) in [6, 6.07) is 6.59. The van der Waals surface area contributed by atoms with Gasteiger partial charge >= 0.3 is 5.97 Å². The Kier molecular flexibility index (Phi) is 6.48. The number of rotatable bonds is 7. The van der Waals surface area contributed by atoms with E-state index in [1.807, 2.05) is 12.1 Å². The number of nitrogens with zero attached hydrogens (tertiary/aromatic N) is 3. The lowest BCUT2D eigenvalue weighted by Gasteiger charge is -2.14. The van der Waals surface area contributed by atoms with Gasteiger partial charge in [0.2, 0.25) is 0 Å². The van der Waals surface area contributed by atoms with Crippen molar-refractivity contribution in [2.24, 2.45) is 5.11 Å². The van der Waals surface area contributed by atoms with E-state index in [4.69, 9.17) is 10.6 Å². The molecule has 7 heteroatoms. The van der Waals surface area contributed by atoms with E-state index in [2.05, 4.69) is 37.9 Å². The van der Waals surface area contributed by atoms with Crippen molar-refractivity contribution in [3.8, 4) is 0 Å². The smallest absolute Gasteiger partial charge is 0.325 e. The molecule has 0 amide bonds. The van der Waals surface area contributed by atoms with Gasteiger partial charge in [-0.3, -0.25) is 4.79 Å². The number of carboxylic acid groups (broad SMARTS) is 1. The van der Waals surface area contributed by atoms with E-state index < -0.39 is 12.0 Å². The fourth-order valence-electron chi connectivity index (χ4n) is 1.44. The molecule has 0 heterocycles.